The molecule has 1 N–H and O–H groups in total. The normalized spacial score (nSPS) is 11.6. The van der Waals surface area contributed by atoms with Gasteiger partial charge in [-0.3, -0.25) is 9.59 Å². The van der Waals surface area contributed by atoms with Crippen molar-refractivity contribution in [2.45, 2.75) is 19.4 Å². The number of amides is 2. The van der Waals surface area contributed by atoms with Gasteiger partial charge in [-0.05, 0) is 24.6 Å². The zero-order valence-electron chi connectivity index (χ0n) is 15.5. The summed E-state index contributed by atoms with van der Waals surface area (Å²) in [6.07, 6.45) is 0.510. The lowest BCUT2D eigenvalue weighted by molar-refractivity contribution is -0.130. The lowest BCUT2D eigenvalue weighted by atomic mass is 10.0. The maximum absolute atomic E-state index is 13.9. The summed E-state index contributed by atoms with van der Waals surface area (Å²) in [5, 5.41) is 2.73. The van der Waals surface area contributed by atoms with Gasteiger partial charge in [-0.2, -0.15) is 0 Å². The monoisotopic (exact) mass is 376 g/mol. The van der Waals surface area contributed by atoms with Gasteiger partial charge in [0.05, 0.1) is 11.6 Å². The first kappa shape index (κ1) is 20.4. The summed E-state index contributed by atoms with van der Waals surface area (Å²) in [4.78, 5) is 25.6. The third-order valence-corrected chi connectivity index (χ3v) is 4.03. The lowest BCUT2D eigenvalue weighted by Crippen LogP contribution is -2.30. The van der Waals surface area contributed by atoms with Crippen LogP contribution >= 0.6 is 0 Å². The fourth-order valence-corrected chi connectivity index (χ4v) is 2.48. The Hall–Kier alpha value is -2.96. The van der Waals surface area contributed by atoms with Crippen molar-refractivity contribution >= 4 is 11.8 Å². The number of rotatable bonds is 7. The molecule has 0 saturated heterocycles. The molecule has 0 aromatic heterocycles. The fraction of sp³-hybridized carbons (Fsp3) is 0.300. The van der Waals surface area contributed by atoms with Crippen LogP contribution in [-0.2, 0) is 4.79 Å². The molecule has 1 atom stereocenters. The van der Waals surface area contributed by atoms with E-state index in [2.05, 4.69) is 5.32 Å². The van der Waals surface area contributed by atoms with E-state index in [1.54, 1.807) is 38.4 Å². The maximum Gasteiger partial charge on any atom is 0.259 e. The van der Waals surface area contributed by atoms with Gasteiger partial charge in [0.25, 0.3) is 11.8 Å². The molecular weight excluding hydrogens is 354 g/mol. The average Bonchev–Trinajstić information content (AvgIpc) is 2.64. The van der Waals surface area contributed by atoms with Gasteiger partial charge in [0.2, 0.25) is 0 Å². The number of hydrogen-bond acceptors (Lipinski definition) is 3. The first-order valence-electron chi connectivity index (χ1n) is 8.51. The van der Waals surface area contributed by atoms with Gasteiger partial charge in [0.15, 0.2) is 6.61 Å². The third kappa shape index (κ3) is 5.26. The quantitative estimate of drug-likeness (QED) is 0.807. The topological polar surface area (TPSA) is 58.6 Å². The van der Waals surface area contributed by atoms with Crippen molar-refractivity contribution < 1.29 is 23.1 Å². The molecule has 0 bridgehead atoms. The van der Waals surface area contributed by atoms with E-state index in [0.29, 0.717) is 23.8 Å². The van der Waals surface area contributed by atoms with Crippen molar-refractivity contribution in [2.24, 2.45) is 0 Å². The summed E-state index contributed by atoms with van der Waals surface area (Å²) < 4.78 is 32.5. The number of carbonyl (C=O) groups excluding carboxylic acids is 2. The van der Waals surface area contributed by atoms with Gasteiger partial charge in [-0.15, -0.1) is 0 Å². The number of nitrogens with zero attached hydrogens (tertiary/aromatic N) is 1. The molecule has 0 spiro atoms. The zero-order chi connectivity index (χ0) is 20.0. The van der Waals surface area contributed by atoms with Gasteiger partial charge < -0.3 is 15.0 Å². The molecule has 5 nitrogen and oxygen atoms in total. The smallest absolute Gasteiger partial charge is 0.259 e. The highest BCUT2D eigenvalue weighted by Crippen LogP contribution is 2.27. The van der Waals surface area contributed by atoms with E-state index in [0.717, 1.165) is 12.1 Å². The molecule has 0 fully saturated rings. The van der Waals surface area contributed by atoms with Gasteiger partial charge >= 0.3 is 0 Å². The molecule has 0 aliphatic rings. The van der Waals surface area contributed by atoms with Crippen LogP contribution in [0.3, 0.4) is 0 Å². The molecule has 0 heterocycles. The number of para-hydroxylation sites is 1. The Bertz CT molecular complexity index is 825. The first-order chi connectivity index (χ1) is 12.8. The Morgan fingerprint density at radius 3 is 2.48 bits per heavy atom. The minimum atomic E-state index is -0.927. The molecule has 1 unspecified atom stereocenters. The Morgan fingerprint density at radius 2 is 1.85 bits per heavy atom. The zero-order valence-corrected chi connectivity index (χ0v) is 15.5. The predicted molar refractivity (Wildman–Crippen MR) is 97.5 cm³/mol. The van der Waals surface area contributed by atoms with Gasteiger partial charge in [0.1, 0.15) is 17.4 Å². The number of hydrogen-bond donors (Lipinski definition) is 1. The molecule has 7 heteroatoms. The van der Waals surface area contributed by atoms with Crippen molar-refractivity contribution in [3.05, 3.63) is 65.2 Å². The highest BCUT2D eigenvalue weighted by atomic mass is 19.1. The third-order valence-electron chi connectivity index (χ3n) is 4.03. The fourth-order valence-electron chi connectivity index (χ4n) is 2.48. The highest BCUT2D eigenvalue weighted by molar-refractivity contribution is 5.94. The molecule has 0 aliphatic heterocycles. The second-order valence-electron chi connectivity index (χ2n) is 6.17. The summed E-state index contributed by atoms with van der Waals surface area (Å²) in [7, 11) is 3.26. The van der Waals surface area contributed by atoms with Gasteiger partial charge in [-0.1, -0.05) is 25.1 Å². The number of nitrogens with one attached hydrogen (secondary N) is 1. The Labute approximate surface area is 156 Å². The highest BCUT2D eigenvalue weighted by Gasteiger charge is 2.20. The molecule has 0 aliphatic carbocycles. The summed E-state index contributed by atoms with van der Waals surface area (Å²) in [5.41, 5.74) is 0.429. The van der Waals surface area contributed by atoms with Crippen LogP contribution in [0.2, 0.25) is 0 Å². The lowest BCUT2D eigenvalue weighted by Gasteiger charge is -2.21. The SMILES string of the molecule is CCC(NC(=O)c1ccc(F)cc1F)c1ccccc1OCC(=O)N(C)C. The van der Waals surface area contributed by atoms with E-state index >= 15 is 0 Å². The van der Waals surface area contributed by atoms with E-state index in [1.165, 1.54) is 4.90 Å². The average molecular weight is 376 g/mol. The van der Waals surface area contributed by atoms with E-state index in [9.17, 15) is 18.4 Å². The largest absolute Gasteiger partial charge is 0.483 e. The summed E-state index contributed by atoms with van der Waals surface area (Å²) in [5.74, 6) is -2.07. The molecule has 2 aromatic carbocycles. The minimum Gasteiger partial charge on any atom is -0.483 e. The van der Waals surface area contributed by atoms with E-state index in [1.807, 2.05) is 6.92 Å². The van der Waals surface area contributed by atoms with Crippen LogP contribution in [0.4, 0.5) is 8.78 Å². The van der Waals surface area contributed by atoms with E-state index < -0.39 is 23.6 Å². The second-order valence-corrected chi connectivity index (χ2v) is 6.17. The van der Waals surface area contributed by atoms with E-state index in [-0.39, 0.29) is 18.1 Å². The number of benzene rings is 2. The van der Waals surface area contributed by atoms with Crippen molar-refractivity contribution in [3.63, 3.8) is 0 Å². The molecule has 2 aromatic rings. The van der Waals surface area contributed by atoms with Crippen LogP contribution in [0.5, 0.6) is 5.75 Å². The van der Waals surface area contributed by atoms with Crippen molar-refractivity contribution in [2.75, 3.05) is 20.7 Å². The van der Waals surface area contributed by atoms with Crippen molar-refractivity contribution in [1.29, 1.82) is 0 Å². The van der Waals surface area contributed by atoms with Crippen LogP contribution in [0.1, 0.15) is 35.3 Å². The van der Waals surface area contributed by atoms with Crippen molar-refractivity contribution in [1.82, 2.24) is 10.2 Å². The Kier molecular flexibility index (Phi) is 6.87. The molecule has 2 rings (SSSR count). The van der Waals surface area contributed by atoms with Gasteiger partial charge in [0, 0.05) is 25.7 Å². The summed E-state index contributed by atoms with van der Waals surface area (Å²) in [6, 6.07) is 9.34. The summed E-state index contributed by atoms with van der Waals surface area (Å²) in [6.45, 7) is 1.72. The summed E-state index contributed by atoms with van der Waals surface area (Å²) >= 11 is 0. The maximum atomic E-state index is 13.9. The van der Waals surface area contributed by atoms with Crippen molar-refractivity contribution in [3.8, 4) is 5.75 Å². The predicted octanol–water partition coefficient (Wildman–Crippen LogP) is 3.31. The molecule has 27 heavy (non-hydrogen) atoms. The molecule has 0 radical (unpaired) electrons. The van der Waals surface area contributed by atoms with Gasteiger partial charge in [-0.25, -0.2) is 8.78 Å². The van der Waals surface area contributed by atoms with Crippen LogP contribution < -0.4 is 10.1 Å². The number of halogens is 2. The minimum absolute atomic E-state index is 0.138. The standard InChI is InChI=1S/C20H22F2N2O3/c1-4-17(23-20(26)14-10-9-13(21)11-16(14)22)15-7-5-6-8-18(15)27-12-19(25)24(2)3/h5-11,17H,4,12H2,1-3H3,(H,23,26). The first-order valence-corrected chi connectivity index (χ1v) is 8.51. The van der Waals surface area contributed by atoms with Crippen LogP contribution in [0, 0.1) is 11.6 Å². The van der Waals surface area contributed by atoms with Crippen LogP contribution in [-0.4, -0.2) is 37.4 Å². The molecule has 0 saturated carbocycles. The molecule has 2 amide bonds. The Morgan fingerprint density at radius 1 is 1.15 bits per heavy atom. The number of ether oxygens (including phenoxy) is 1. The molecule has 144 valence electrons. The number of carbonyl (C=O) groups is 2. The second kappa shape index (κ2) is 9.12. The van der Waals surface area contributed by atoms with Crippen LogP contribution in [0.25, 0.3) is 0 Å². The molecular formula is C20H22F2N2O3. The number of likely N-dealkylation sites (N-methyl/N-ethyl adjacent to an activating group) is 1. The van der Waals surface area contributed by atoms with E-state index in [4.69, 9.17) is 4.74 Å². The Balaban J connectivity index is 2.19. The van der Waals surface area contributed by atoms with Crippen LogP contribution in [0.15, 0.2) is 42.5 Å².